The fourth-order valence-electron chi connectivity index (χ4n) is 3.69. The lowest BCUT2D eigenvalue weighted by atomic mass is 9.99. The zero-order valence-corrected chi connectivity index (χ0v) is 17.0. The van der Waals surface area contributed by atoms with Crippen molar-refractivity contribution in [3.8, 4) is 0 Å². The van der Waals surface area contributed by atoms with Gasteiger partial charge in [0.15, 0.2) is 12.1 Å². The Kier molecular flexibility index (Phi) is 6.17. The average Bonchev–Trinajstić information content (AvgIpc) is 3.09. The highest BCUT2D eigenvalue weighted by atomic mass is 16.8. The van der Waals surface area contributed by atoms with Gasteiger partial charge in [-0.15, -0.1) is 0 Å². The van der Waals surface area contributed by atoms with Gasteiger partial charge in [-0.05, 0) is 31.5 Å². The molecule has 1 N–H and O–H groups in total. The monoisotopic (exact) mass is 414 g/mol. The zero-order chi connectivity index (χ0) is 21.1. The molecule has 0 aliphatic carbocycles. The Hall–Kier alpha value is -2.29. The quantitative estimate of drug-likeness (QED) is 0.728. The number of aliphatic hydroxyl groups excluding tert-OH is 1. The van der Waals surface area contributed by atoms with E-state index in [2.05, 4.69) is 0 Å². The van der Waals surface area contributed by atoms with Crippen molar-refractivity contribution in [3.63, 3.8) is 0 Å². The van der Waals surface area contributed by atoms with Gasteiger partial charge in [-0.3, -0.25) is 0 Å². The molecular formula is C23H26O7. The van der Waals surface area contributed by atoms with Gasteiger partial charge in [0.2, 0.25) is 0 Å². The summed E-state index contributed by atoms with van der Waals surface area (Å²) in [5.74, 6) is -1.35. The van der Waals surface area contributed by atoms with Crippen LogP contribution in [0.2, 0.25) is 0 Å². The van der Waals surface area contributed by atoms with E-state index in [9.17, 15) is 9.90 Å². The molecule has 0 amide bonds. The van der Waals surface area contributed by atoms with Crippen LogP contribution in [-0.2, 0) is 30.3 Å². The molecule has 2 saturated heterocycles. The first kappa shape index (κ1) is 21.0. The van der Waals surface area contributed by atoms with Crippen molar-refractivity contribution in [2.24, 2.45) is 0 Å². The minimum Gasteiger partial charge on any atom is -0.459 e. The van der Waals surface area contributed by atoms with E-state index in [0.717, 1.165) is 5.56 Å². The maximum absolute atomic E-state index is 12.3. The van der Waals surface area contributed by atoms with Crippen LogP contribution in [0.3, 0.4) is 0 Å². The van der Waals surface area contributed by atoms with E-state index in [1.807, 2.05) is 36.4 Å². The highest BCUT2D eigenvalue weighted by molar-refractivity contribution is 5.89. The molecule has 30 heavy (non-hydrogen) atoms. The van der Waals surface area contributed by atoms with Crippen molar-refractivity contribution >= 4 is 5.97 Å². The van der Waals surface area contributed by atoms with Crippen LogP contribution in [0.1, 0.15) is 29.8 Å². The largest absolute Gasteiger partial charge is 0.459 e. The van der Waals surface area contributed by atoms with Crippen LogP contribution in [0.15, 0.2) is 60.7 Å². The van der Waals surface area contributed by atoms with Crippen LogP contribution < -0.4 is 0 Å². The molecule has 2 aromatic rings. The Labute approximate surface area is 175 Å². The van der Waals surface area contributed by atoms with E-state index >= 15 is 0 Å². The molecule has 2 aliphatic rings. The molecule has 160 valence electrons. The van der Waals surface area contributed by atoms with Crippen LogP contribution >= 0.6 is 0 Å². The van der Waals surface area contributed by atoms with Crippen LogP contribution in [0.4, 0.5) is 0 Å². The summed E-state index contributed by atoms with van der Waals surface area (Å²) >= 11 is 0. The third-order valence-electron chi connectivity index (χ3n) is 5.10. The molecule has 4 rings (SSSR count). The second-order valence-corrected chi connectivity index (χ2v) is 7.86. The zero-order valence-electron chi connectivity index (χ0n) is 17.0. The normalized spacial score (nSPS) is 29.9. The number of carbonyl (C=O) groups excluding carboxylic acids is 1. The molecular weight excluding hydrogens is 388 g/mol. The predicted octanol–water partition coefficient (Wildman–Crippen LogP) is 2.67. The molecule has 2 aromatic carbocycles. The summed E-state index contributed by atoms with van der Waals surface area (Å²) in [6.45, 7) is 3.75. The van der Waals surface area contributed by atoms with E-state index in [4.69, 9.17) is 23.7 Å². The van der Waals surface area contributed by atoms with E-state index in [1.54, 1.807) is 38.1 Å². The van der Waals surface area contributed by atoms with E-state index in [0.29, 0.717) is 5.56 Å². The Morgan fingerprint density at radius 2 is 1.63 bits per heavy atom. The number of aliphatic hydroxyl groups is 1. The van der Waals surface area contributed by atoms with Gasteiger partial charge in [-0.1, -0.05) is 48.5 Å². The smallest absolute Gasteiger partial charge is 0.338 e. The molecule has 0 spiro atoms. The van der Waals surface area contributed by atoms with Gasteiger partial charge in [0.1, 0.15) is 31.0 Å². The van der Waals surface area contributed by atoms with Gasteiger partial charge in [0.25, 0.3) is 0 Å². The summed E-state index contributed by atoms with van der Waals surface area (Å²) in [5, 5.41) is 10.8. The fourth-order valence-corrected chi connectivity index (χ4v) is 3.69. The minimum atomic E-state index is -1.04. The Bertz CT molecular complexity index is 839. The van der Waals surface area contributed by atoms with Crippen molar-refractivity contribution in [2.75, 3.05) is 6.61 Å². The third kappa shape index (κ3) is 4.71. The van der Waals surface area contributed by atoms with E-state index in [1.165, 1.54) is 0 Å². The molecule has 0 saturated carbocycles. The Balaban J connectivity index is 1.44. The molecule has 0 aromatic heterocycles. The molecule has 5 atom stereocenters. The van der Waals surface area contributed by atoms with Gasteiger partial charge in [-0.2, -0.15) is 0 Å². The number of carbonyl (C=O) groups is 1. The van der Waals surface area contributed by atoms with Crippen molar-refractivity contribution < 1.29 is 33.6 Å². The number of hydrogen-bond donors (Lipinski definition) is 1. The van der Waals surface area contributed by atoms with Gasteiger partial charge >= 0.3 is 5.97 Å². The van der Waals surface area contributed by atoms with Crippen LogP contribution in [-0.4, -0.2) is 54.2 Å². The number of esters is 1. The minimum absolute atomic E-state index is 0.0494. The Morgan fingerprint density at radius 3 is 2.33 bits per heavy atom. The number of fused-ring (bicyclic) bond motifs is 1. The van der Waals surface area contributed by atoms with E-state index < -0.39 is 42.5 Å². The molecule has 2 heterocycles. The van der Waals surface area contributed by atoms with Gasteiger partial charge < -0.3 is 28.8 Å². The maximum atomic E-state index is 12.3. The second kappa shape index (κ2) is 8.83. The molecule has 7 nitrogen and oxygen atoms in total. The summed E-state index contributed by atoms with van der Waals surface area (Å²) in [6.07, 6.45) is -3.87. The van der Waals surface area contributed by atoms with Crippen LogP contribution in [0.5, 0.6) is 0 Å². The standard InChI is InChI=1S/C23H26O7/c1-23(2)29-19-17(14-26-21(25)16-11-7-4-8-12-16)28-22(18(24)20(19)30-23)27-13-15-9-5-3-6-10-15/h3-12,17-20,22,24H,13-14H2,1-2H3/t17-,18-,19+,20-,22-/m1/s1. The lowest BCUT2D eigenvalue weighted by Crippen LogP contribution is -2.58. The maximum Gasteiger partial charge on any atom is 0.338 e. The lowest BCUT2D eigenvalue weighted by molar-refractivity contribution is -0.285. The van der Waals surface area contributed by atoms with Crippen LogP contribution in [0, 0.1) is 0 Å². The highest BCUT2D eigenvalue weighted by Gasteiger charge is 2.55. The topological polar surface area (TPSA) is 83.5 Å². The number of benzene rings is 2. The first-order valence-electron chi connectivity index (χ1n) is 10.00. The molecule has 0 radical (unpaired) electrons. The number of hydrogen-bond acceptors (Lipinski definition) is 7. The first-order chi connectivity index (χ1) is 14.4. The summed E-state index contributed by atoms with van der Waals surface area (Å²) in [4.78, 5) is 12.3. The third-order valence-corrected chi connectivity index (χ3v) is 5.10. The van der Waals surface area contributed by atoms with Crippen molar-refractivity contribution in [3.05, 3.63) is 71.8 Å². The summed E-state index contributed by atoms with van der Waals surface area (Å²) in [5.41, 5.74) is 1.40. The average molecular weight is 414 g/mol. The number of rotatable bonds is 6. The fraction of sp³-hybridized carbons (Fsp3) is 0.435. The summed E-state index contributed by atoms with van der Waals surface area (Å²) in [7, 11) is 0. The summed E-state index contributed by atoms with van der Waals surface area (Å²) < 4.78 is 29.1. The molecule has 2 aliphatic heterocycles. The van der Waals surface area contributed by atoms with Gasteiger partial charge in [0, 0.05) is 0 Å². The van der Waals surface area contributed by atoms with Gasteiger partial charge in [0.05, 0.1) is 12.2 Å². The van der Waals surface area contributed by atoms with Gasteiger partial charge in [-0.25, -0.2) is 4.79 Å². The van der Waals surface area contributed by atoms with Crippen LogP contribution in [0.25, 0.3) is 0 Å². The molecule has 0 unspecified atom stereocenters. The highest BCUT2D eigenvalue weighted by Crippen LogP contribution is 2.38. The summed E-state index contributed by atoms with van der Waals surface area (Å²) in [6, 6.07) is 18.3. The number of ether oxygens (including phenoxy) is 5. The Morgan fingerprint density at radius 1 is 1.00 bits per heavy atom. The van der Waals surface area contributed by atoms with Crippen molar-refractivity contribution in [1.29, 1.82) is 0 Å². The van der Waals surface area contributed by atoms with E-state index in [-0.39, 0.29) is 13.2 Å². The van der Waals surface area contributed by atoms with Crippen molar-refractivity contribution in [2.45, 2.75) is 56.9 Å². The lowest BCUT2D eigenvalue weighted by Gasteiger charge is -2.39. The molecule has 2 fully saturated rings. The van der Waals surface area contributed by atoms with Crippen molar-refractivity contribution in [1.82, 2.24) is 0 Å². The molecule has 0 bridgehead atoms. The predicted molar refractivity (Wildman–Crippen MR) is 106 cm³/mol. The molecule has 7 heteroatoms. The first-order valence-corrected chi connectivity index (χ1v) is 10.00. The SMILES string of the molecule is CC1(C)O[C@@H]2[C@@H](O)[C@H](OCc3ccccc3)O[C@H](COC(=O)c3ccccc3)[C@@H]2O1. The second-order valence-electron chi connectivity index (χ2n) is 7.86.